The van der Waals surface area contributed by atoms with Gasteiger partial charge in [-0.2, -0.15) is 0 Å². The van der Waals surface area contributed by atoms with Crippen molar-refractivity contribution < 1.29 is 28.6 Å². The zero-order chi connectivity index (χ0) is 16.0. The summed E-state index contributed by atoms with van der Waals surface area (Å²) < 4.78 is 18.5. The first-order chi connectivity index (χ1) is 9.81. The summed E-state index contributed by atoms with van der Waals surface area (Å²) in [6.07, 6.45) is -1.69. The van der Waals surface area contributed by atoms with E-state index >= 15 is 0 Å². The number of amides is 2. The van der Waals surface area contributed by atoms with Crippen molar-refractivity contribution in [3.63, 3.8) is 0 Å². The Morgan fingerprint density at radius 2 is 2.00 bits per heavy atom. The number of carboxylic acids is 1. The Morgan fingerprint density at radius 3 is 2.52 bits per heavy atom. The Balaban J connectivity index is 2.67. The van der Waals surface area contributed by atoms with E-state index in [1.54, 1.807) is 0 Å². The number of halogens is 1. The monoisotopic (exact) mass is 298 g/mol. The highest BCUT2D eigenvalue weighted by atomic mass is 19.1. The Bertz CT molecular complexity index is 549. The third-order valence-electron chi connectivity index (χ3n) is 2.53. The minimum absolute atomic E-state index is 0.137. The van der Waals surface area contributed by atoms with Gasteiger partial charge in [0, 0.05) is 0 Å². The second kappa shape index (κ2) is 7.22. The Kier molecular flexibility index (Phi) is 5.65. The summed E-state index contributed by atoms with van der Waals surface area (Å²) in [6, 6.07) is 4.02. The van der Waals surface area contributed by atoms with E-state index in [4.69, 9.17) is 15.6 Å². The van der Waals surface area contributed by atoms with Crippen LogP contribution in [0, 0.1) is 5.82 Å². The summed E-state index contributed by atoms with van der Waals surface area (Å²) in [5.41, 5.74) is 4.89. The molecule has 8 heteroatoms. The number of carbonyl (C=O) groups is 3. The lowest BCUT2D eigenvalue weighted by Gasteiger charge is -2.18. The summed E-state index contributed by atoms with van der Waals surface area (Å²) in [5, 5.41) is 11.0. The first kappa shape index (κ1) is 16.4. The maximum Gasteiger partial charge on any atom is 0.326 e. The van der Waals surface area contributed by atoms with Gasteiger partial charge in [0.2, 0.25) is 5.91 Å². The minimum Gasteiger partial charge on any atom is -0.480 e. The van der Waals surface area contributed by atoms with Crippen molar-refractivity contribution in [2.45, 2.75) is 25.5 Å². The molecule has 0 aliphatic carbocycles. The predicted molar refractivity (Wildman–Crippen MR) is 69.9 cm³/mol. The molecule has 2 amide bonds. The fraction of sp³-hybridized carbons (Fsp3) is 0.308. The molecule has 0 aromatic heterocycles. The zero-order valence-electron chi connectivity index (χ0n) is 11.2. The van der Waals surface area contributed by atoms with Gasteiger partial charge in [0.25, 0.3) is 5.91 Å². The normalized spacial score (nSPS) is 13.0. The summed E-state index contributed by atoms with van der Waals surface area (Å²) in [4.78, 5) is 33.4. The number of hydrogen-bond donors (Lipinski definition) is 3. The maximum atomic E-state index is 13.4. The maximum absolute atomic E-state index is 13.4. The molecule has 7 nitrogen and oxygen atoms in total. The number of aliphatic carboxylic acids is 1. The number of carboxylic acid groups (broad SMARTS) is 1. The van der Waals surface area contributed by atoms with Crippen LogP contribution in [-0.4, -0.2) is 35.0 Å². The largest absolute Gasteiger partial charge is 0.480 e. The average Bonchev–Trinajstić information content (AvgIpc) is 2.39. The van der Waals surface area contributed by atoms with Crippen molar-refractivity contribution in [1.82, 2.24) is 5.32 Å². The lowest BCUT2D eigenvalue weighted by molar-refractivity contribution is -0.144. The van der Waals surface area contributed by atoms with Gasteiger partial charge in [-0.1, -0.05) is 12.1 Å². The first-order valence-electron chi connectivity index (χ1n) is 6.04. The predicted octanol–water partition coefficient (Wildman–Crippen LogP) is 0.0378. The number of nitrogens with two attached hydrogens (primary N) is 1. The van der Waals surface area contributed by atoms with Crippen LogP contribution in [0.1, 0.15) is 13.3 Å². The van der Waals surface area contributed by atoms with Crippen LogP contribution in [0.5, 0.6) is 5.75 Å². The first-order valence-corrected chi connectivity index (χ1v) is 6.04. The van der Waals surface area contributed by atoms with Gasteiger partial charge in [0.15, 0.2) is 17.7 Å². The topological polar surface area (TPSA) is 119 Å². The molecule has 0 aliphatic rings. The van der Waals surface area contributed by atoms with Crippen LogP contribution in [0.15, 0.2) is 24.3 Å². The molecule has 0 saturated heterocycles. The molecule has 1 rings (SSSR count). The van der Waals surface area contributed by atoms with Crippen molar-refractivity contribution >= 4 is 17.8 Å². The summed E-state index contributed by atoms with van der Waals surface area (Å²) in [5.74, 6) is -3.86. The number of carbonyl (C=O) groups excluding carboxylic acids is 2. The van der Waals surface area contributed by atoms with Gasteiger partial charge >= 0.3 is 5.97 Å². The summed E-state index contributed by atoms with van der Waals surface area (Å²) in [6.45, 7) is 1.32. The number of ether oxygens (including phenoxy) is 1. The number of nitrogens with one attached hydrogen (secondary N) is 1. The van der Waals surface area contributed by atoms with Crippen molar-refractivity contribution in [3.05, 3.63) is 30.1 Å². The van der Waals surface area contributed by atoms with E-state index < -0.39 is 42.2 Å². The third kappa shape index (κ3) is 5.09. The molecule has 1 aromatic rings. The molecule has 0 heterocycles. The molecule has 4 N–H and O–H groups in total. The molecule has 0 bridgehead atoms. The minimum atomic E-state index is -1.46. The van der Waals surface area contributed by atoms with E-state index in [1.807, 2.05) is 0 Å². The molecule has 0 fully saturated rings. The Hall–Kier alpha value is -2.64. The molecule has 0 spiro atoms. The highest BCUT2D eigenvalue weighted by molar-refractivity contribution is 5.89. The standard InChI is InChI=1S/C13H15FN2O5/c1-7(21-10-5-3-2-4-8(10)14)12(18)16-9(13(19)20)6-11(15)17/h2-5,7,9H,6H2,1H3,(H2,15,17)(H,16,18)(H,19,20)/t7?,9-/m0/s1. The van der Waals surface area contributed by atoms with Gasteiger partial charge in [-0.15, -0.1) is 0 Å². The van der Waals surface area contributed by atoms with E-state index in [0.29, 0.717) is 0 Å². The van der Waals surface area contributed by atoms with Crippen LogP contribution in [0.4, 0.5) is 4.39 Å². The summed E-state index contributed by atoms with van der Waals surface area (Å²) in [7, 11) is 0. The molecule has 2 atom stereocenters. The number of hydrogen-bond acceptors (Lipinski definition) is 4. The Labute approximate surface area is 119 Å². The van der Waals surface area contributed by atoms with Crippen LogP contribution < -0.4 is 15.8 Å². The van der Waals surface area contributed by atoms with E-state index in [2.05, 4.69) is 5.32 Å². The molecule has 114 valence electrons. The van der Waals surface area contributed by atoms with Crippen molar-refractivity contribution in [1.29, 1.82) is 0 Å². The molecule has 1 unspecified atom stereocenters. The molecular formula is C13H15FN2O5. The van der Waals surface area contributed by atoms with Gasteiger partial charge in [0.05, 0.1) is 6.42 Å². The average molecular weight is 298 g/mol. The lowest BCUT2D eigenvalue weighted by atomic mass is 10.2. The van der Waals surface area contributed by atoms with Crippen LogP contribution in [-0.2, 0) is 14.4 Å². The Morgan fingerprint density at radius 1 is 1.38 bits per heavy atom. The van der Waals surface area contributed by atoms with Crippen LogP contribution in [0.25, 0.3) is 0 Å². The third-order valence-corrected chi connectivity index (χ3v) is 2.53. The van der Waals surface area contributed by atoms with Gasteiger partial charge in [-0.05, 0) is 19.1 Å². The van der Waals surface area contributed by atoms with E-state index in [1.165, 1.54) is 25.1 Å². The smallest absolute Gasteiger partial charge is 0.326 e. The molecular weight excluding hydrogens is 283 g/mol. The van der Waals surface area contributed by atoms with Gasteiger partial charge in [0.1, 0.15) is 6.04 Å². The van der Waals surface area contributed by atoms with Crippen molar-refractivity contribution in [2.24, 2.45) is 5.73 Å². The number of primary amides is 1. The van der Waals surface area contributed by atoms with E-state index in [9.17, 15) is 18.8 Å². The molecule has 21 heavy (non-hydrogen) atoms. The van der Waals surface area contributed by atoms with E-state index in [-0.39, 0.29) is 5.75 Å². The fourth-order valence-electron chi connectivity index (χ4n) is 1.47. The number of para-hydroxylation sites is 1. The highest BCUT2D eigenvalue weighted by Crippen LogP contribution is 2.17. The van der Waals surface area contributed by atoms with Crippen molar-refractivity contribution in [2.75, 3.05) is 0 Å². The second-order valence-corrected chi connectivity index (χ2v) is 4.26. The quantitative estimate of drug-likeness (QED) is 0.656. The van der Waals surface area contributed by atoms with Gasteiger partial charge < -0.3 is 20.9 Å². The molecule has 1 aromatic carbocycles. The zero-order valence-corrected chi connectivity index (χ0v) is 11.2. The summed E-state index contributed by atoms with van der Waals surface area (Å²) >= 11 is 0. The van der Waals surface area contributed by atoms with Crippen LogP contribution >= 0.6 is 0 Å². The van der Waals surface area contributed by atoms with Crippen LogP contribution in [0.2, 0.25) is 0 Å². The fourth-order valence-corrected chi connectivity index (χ4v) is 1.47. The highest BCUT2D eigenvalue weighted by Gasteiger charge is 2.25. The van der Waals surface area contributed by atoms with Gasteiger partial charge in [-0.3, -0.25) is 9.59 Å². The number of rotatable bonds is 7. The van der Waals surface area contributed by atoms with Gasteiger partial charge in [-0.25, -0.2) is 9.18 Å². The van der Waals surface area contributed by atoms with Crippen LogP contribution in [0.3, 0.4) is 0 Å². The SMILES string of the molecule is CC(Oc1ccccc1F)C(=O)N[C@@H](CC(N)=O)C(=O)O. The second-order valence-electron chi connectivity index (χ2n) is 4.26. The van der Waals surface area contributed by atoms with E-state index in [0.717, 1.165) is 6.07 Å². The number of benzene rings is 1. The molecule has 0 radical (unpaired) electrons. The lowest BCUT2D eigenvalue weighted by Crippen LogP contribution is -2.47. The van der Waals surface area contributed by atoms with Crippen molar-refractivity contribution in [3.8, 4) is 5.75 Å². The molecule has 0 saturated carbocycles. The molecule has 0 aliphatic heterocycles.